The molecule has 0 saturated heterocycles. The lowest BCUT2D eigenvalue weighted by atomic mass is 10.2. The molecule has 3 rings (SSSR count). The van der Waals surface area contributed by atoms with Crippen molar-refractivity contribution in [2.75, 3.05) is 6.54 Å². The zero-order valence-electron chi connectivity index (χ0n) is 14.2. The highest BCUT2D eigenvalue weighted by Crippen LogP contribution is 2.28. The smallest absolute Gasteiger partial charge is 0.346 e. The van der Waals surface area contributed by atoms with Crippen molar-refractivity contribution < 1.29 is 28.2 Å². The van der Waals surface area contributed by atoms with Gasteiger partial charge < -0.3 is 15.2 Å². The number of nitrogens with one attached hydrogen (secondary N) is 2. The summed E-state index contributed by atoms with van der Waals surface area (Å²) >= 11 is 0.850. The van der Waals surface area contributed by atoms with Crippen LogP contribution in [0.25, 0.3) is 21.6 Å². The Morgan fingerprint density at radius 3 is 2.64 bits per heavy atom. The number of aromatic nitrogens is 2. The molecule has 0 amide bonds. The minimum absolute atomic E-state index is 0.000603. The fourth-order valence-electron chi connectivity index (χ4n) is 2.54. The monoisotopic (exact) mass is 423 g/mol. The van der Waals surface area contributed by atoms with Gasteiger partial charge in [-0.1, -0.05) is 12.1 Å². The molecule has 0 saturated carbocycles. The Kier molecular flexibility index (Phi) is 5.02. The standard InChI is InChI=1S/C16H13N3O7S2/c1-7-11-14(22)18-13(19-15(11)27-12(7)16(23)24)8-3-2-4-9(5-8)28(25,26)17-6-10(20)21/h2-5,17H,6H2,1H3,(H,20,21)(H,23,24)(H,18,19,22). The minimum Gasteiger partial charge on any atom is -0.480 e. The summed E-state index contributed by atoms with van der Waals surface area (Å²) in [4.78, 5) is 41.1. The first-order chi connectivity index (χ1) is 13.1. The predicted molar refractivity (Wildman–Crippen MR) is 100 cm³/mol. The third-order valence-corrected chi connectivity index (χ3v) is 6.40. The van der Waals surface area contributed by atoms with E-state index in [2.05, 4.69) is 9.97 Å². The van der Waals surface area contributed by atoms with E-state index in [0.717, 1.165) is 11.3 Å². The number of nitrogens with zero attached hydrogens (tertiary/aromatic N) is 1. The quantitative estimate of drug-likeness (QED) is 0.456. The second-order valence-electron chi connectivity index (χ2n) is 5.70. The first-order valence-electron chi connectivity index (χ1n) is 7.69. The molecule has 0 radical (unpaired) electrons. The number of aromatic carboxylic acids is 1. The second kappa shape index (κ2) is 7.14. The molecule has 2 aromatic heterocycles. The Balaban J connectivity index is 2.10. The maximum atomic E-state index is 12.4. The van der Waals surface area contributed by atoms with Crippen LogP contribution in [0.4, 0.5) is 0 Å². The summed E-state index contributed by atoms with van der Waals surface area (Å²) in [5.41, 5.74) is 0.0284. The van der Waals surface area contributed by atoms with Crippen molar-refractivity contribution in [3.05, 3.63) is 45.1 Å². The number of aliphatic carboxylic acids is 1. The lowest BCUT2D eigenvalue weighted by Gasteiger charge is -2.07. The zero-order valence-corrected chi connectivity index (χ0v) is 15.8. The molecular weight excluding hydrogens is 410 g/mol. The molecule has 146 valence electrons. The number of thiophene rings is 1. The average Bonchev–Trinajstić information content (AvgIpc) is 2.97. The van der Waals surface area contributed by atoms with Crippen molar-refractivity contribution in [1.82, 2.24) is 14.7 Å². The van der Waals surface area contributed by atoms with Crippen LogP contribution in [0.3, 0.4) is 0 Å². The third-order valence-electron chi connectivity index (χ3n) is 3.83. The van der Waals surface area contributed by atoms with Gasteiger partial charge in [0.2, 0.25) is 10.0 Å². The van der Waals surface area contributed by atoms with Crippen LogP contribution in [-0.4, -0.2) is 47.1 Å². The topological polar surface area (TPSA) is 167 Å². The highest BCUT2D eigenvalue weighted by molar-refractivity contribution is 7.89. The maximum absolute atomic E-state index is 12.4. The number of fused-ring (bicyclic) bond motifs is 1. The van der Waals surface area contributed by atoms with E-state index in [0.29, 0.717) is 5.56 Å². The predicted octanol–water partition coefficient (Wildman–Crippen LogP) is 1.02. The Labute approximate surface area is 161 Å². The van der Waals surface area contributed by atoms with E-state index in [1.54, 1.807) is 0 Å². The van der Waals surface area contributed by atoms with Crippen LogP contribution in [0.1, 0.15) is 15.2 Å². The molecule has 28 heavy (non-hydrogen) atoms. The van der Waals surface area contributed by atoms with E-state index < -0.39 is 34.1 Å². The van der Waals surface area contributed by atoms with Crippen LogP contribution in [0.15, 0.2) is 34.0 Å². The van der Waals surface area contributed by atoms with Gasteiger partial charge in [-0.25, -0.2) is 18.2 Å². The molecule has 0 aliphatic carbocycles. The van der Waals surface area contributed by atoms with Gasteiger partial charge in [0.25, 0.3) is 5.56 Å². The zero-order chi connectivity index (χ0) is 20.6. The van der Waals surface area contributed by atoms with Crippen molar-refractivity contribution in [1.29, 1.82) is 0 Å². The summed E-state index contributed by atoms with van der Waals surface area (Å²) in [5.74, 6) is -2.44. The first kappa shape index (κ1) is 19.7. The van der Waals surface area contributed by atoms with Crippen LogP contribution in [0, 0.1) is 6.92 Å². The molecule has 0 aliphatic heterocycles. The van der Waals surface area contributed by atoms with E-state index in [-0.39, 0.29) is 31.4 Å². The van der Waals surface area contributed by atoms with E-state index in [4.69, 9.17) is 5.11 Å². The molecule has 1 aromatic carbocycles. The Morgan fingerprint density at radius 1 is 1.29 bits per heavy atom. The fourth-order valence-corrected chi connectivity index (χ4v) is 4.58. The summed E-state index contributed by atoms with van der Waals surface area (Å²) in [6.07, 6.45) is 0. The van der Waals surface area contributed by atoms with Crippen LogP contribution in [-0.2, 0) is 14.8 Å². The molecule has 3 aromatic rings. The number of carbonyl (C=O) groups is 2. The summed E-state index contributed by atoms with van der Waals surface area (Å²) in [6, 6.07) is 5.42. The number of H-pyrrole nitrogens is 1. The molecule has 0 spiro atoms. The minimum atomic E-state index is -4.08. The highest BCUT2D eigenvalue weighted by atomic mass is 32.2. The van der Waals surface area contributed by atoms with Gasteiger partial charge in [0, 0.05) is 5.56 Å². The van der Waals surface area contributed by atoms with E-state index in [1.165, 1.54) is 31.2 Å². The van der Waals surface area contributed by atoms with Gasteiger partial charge in [-0.05, 0) is 24.6 Å². The summed E-state index contributed by atoms with van der Waals surface area (Å²) in [7, 11) is -4.08. The number of rotatable bonds is 6. The Hall–Kier alpha value is -3.09. The van der Waals surface area contributed by atoms with E-state index in [1.807, 2.05) is 4.72 Å². The van der Waals surface area contributed by atoms with E-state index >= 15 is 0 Å². The van der Waals surface area contributed by atoms with Crippen molar-refractivity contribution in [3.63, 3.8) is 0 Å². The average molecular weight is 423 g/mol. The van der Waals surface area contributed by atoms with Crippen molar-refractivity contribution in [2.45, 2.75) is 11.8 Å². The fraction of sp³-hybridized carbons (Fsp3) is 0.125. The SMILES string of the molecule is Cc1c(C(=O)O)sc2nc(-c3cccc(S(=O)(=O)NCC(=O)O)c3)[nH]c(=O)c12. The maximum Gasteiger partial charge on any atom is 0.346 e. The van der Waals surface area contributed by atoms with Gasteiger partial charge in [-0.2, -0.15) is 4.72 Å². The summed E-state index contributed by atoms with van der Waals surface area (Å²) in [5, 5.41) is 18.0. The van der Waals surface area contributed by atoms with Crippen LogP contribution < -0.4 is 10.3 Å². The molecule has 4 N–H and O–H groups in total. The molecule has 0 fully saturated rings. The van der Waals surface area contributed by atoms with Gasteiger partial charge in [0.15, 0.2) is 0 Å². The van der Waals surface area contributed by atoms with Crippen molar-refractivity contribution in [3.8, 4) is 11.4 Å². The number of hydrogen-bond donors (Lipinski definition) is 4. The van der Waals surface area contributed by atoms with Gasteiger partial charge in [-0.15, -0.1) is 11.3 Å². The van der Waals surface area contributed by atoms with Gasteiger partial charge in [0.1, 0.15) is 22.1 Å². The first-order valence-corrected chi connectivity index (χ1v) is 9.98. The molecule has 2 heterocycles. The molecular formula is C16H13N3O7S2. The van der Waals surface area contributed by atoms with Crippen molar-refractivity contribution in [2.24, 2.45) is 0 Å². The highest BCUT2D eigenvalue weighted by Gasteiger charge is 2.20. The van der Waals surface area contributed by atoms with Gasteiger partial charge in [0.05, 0.1) is 10.3 Å². The number of sulfonamides is 1. The lowest BCUT2D eigenvalue weighted by molar-refractivity contribution is -0.135. The van der Waals surface area contributed by atoms with E-state index in [9.17, 15) is 27.9 Å². The number of hydrogen-bond acceptors (Lipinski definition) is 7. The van der Waals surface area contributed by atoms with Crippen LogP contribution in [0.2, 0.25) is 0 Å². The third kappa shape index (κ3) is 3.65. The van der Waals surface area contributed by atoms with Gasteiger partial charge in [-0.3, -0.25) is 9.59 Å². The molecule has 0 aliphatic rings. The molecule has 0 atom stereocenters. The molecule has 10 nitrogen and oxygen atoms in total. The number of benzene rings is 1. The van der Waals surface area contributed by atoms with Gasteiger partial charge >= 0.3 is 11.9 Å². The molecule has 0 bridgehead atoms. The number of aromatic amines is 1. The molecule has 0 unspecified atom stereocenters. The number of carboxylic acid groups (broad SMARTS) is 2. The van der Waals surface area contributed by atoms with Crippen molar-refractivity contribution >= 4 is 43.5 Å². The summed E-state index contributed by atoms with van der Waals surface area (Å²) in [6.45, 7) is 0.736. The van der Waals surface area contributed by atoms with Crippen LogP contribution >= 0.6 is 11.3 Å². The number of carboxylic acids is 2. The largest absolute Gasteiger partial charge is 0.480 e. The normalized spacial score (nSPS) is 11.6. The van der Waals surface area contributed by atoms with Crippen LogP contribution in [0.5, 0.6) is 0 Å². The Morgan fingerprint density at radius 2 is 2.00 bits per heavy atom. The second-order valence-corrected chi connectivity index (χ2v) is 8.47. The lowest BCUT2D eigenvalue weighted by Crippen LogP contribution is -2.29. The number of aryl methyl sites for hydroxylation is 1. The molecule has 12 heteroatoms. The summed E-state index contributed by atoms with van der Waals surface area (Å²) < 4.78 is 26.3. The Bertz CT molecular complexity index is 1280.